The summed E-state index contributed by atoms with van der Waals surface area (Å²) in [5.74, 6) is 1.96. The van der Waals surface area contributed by atoms with Gasteiger partial charge in [0.2, 0.25) is 5.91 Å². The first kappa shape index (κ1) is 14.5. The fourth-order valence-corrected chi connectivity index (χ4v) is 3.68. The van der Waals surface area contributed by atoms with Crippen molar-refractivity contribution < 1.29 is 4.79 Å². The summed E-state index contributed by atoms with van der Waals surface area (Å²) in [6, 6.07) is 4.15. The molecule has 1 aromatic rings. The molecule has 1 unspecified atom stereocenters. The third-order valence-electron chi connectivity index (χ3n) is 4.01. The molecule has 0 spiro atoms. The molecule has 0 saturated carbocycles. The van der Waals surface area contributed by atoms with Crippen molar-refractivity contribution in [2.24, 2.45) is 17.8 Å². The van der Waals surface area contributed by atoms with E-state index in [4.69, 9.17) is 0 Å². The molecule has 0 radical (unpaired) electrons. The van der Waals surface area contributed by atoms with Gasteiger partial charge in [-0.15, -0.1) is 11.3 Å². The van der Waals surface area contributed by atoms with Crippen LogP contribution in [-0.4, -0.2) is 23.9 Å². The minimum Gasteiger partial charge on any atom is -0.321 e. The number of carbonyl (C=O) groups excluding carboxylic acids is 1. The van der Waals surface area contributed by atoms with Crippen molar-refractivity contribution in [3.8, 4) is 0 Å². The van der Waals surface area contributed by atoms with Crippen LogP contribution in [0.25, 0.3) is 0 Å². The maximum atomic E-state index is 12.1. The Bertz CT molecular complexity index is 406. The van der Waals surface area contributed by atoms with Gasteiger partial charge in [0.1, 0.15) is 6.17 Å². The first-order valence-electron chi connectivity index (χ1n) is 7.07. The van der Waals surface area contributed by atoms with E-state index in [1.807, 2.05) is 11.0 Å². The average molecular weight is 280 g/mol. The minimum atomic E-state index is 0.0764. The highest BCUT2D eigenvalue weighted by atomic mass is 32.1. The zero-order valence-corrected chi connectivity index (χ0v) is 13.0. The van der Waals surface area contributed by atoms with Gasteiger partial charge in [0.25, 0.3) is 0 Å². The molecule has 1 amide bonds. The molecule has 1 aliphatic heterocycles. The summed E-state index contributed by atoms with van der Waals surface area (Å²) in [5.41, 5.74) is 0. The van der Waals surface area contributed by atoms with E-state index in [0.29, 0.717) is 24.3 Å². The topological polar surface area (TPSA) is 32.3 Å². The normalized spacial score (nSPS) is 20.3. The van der Waals surface area contributed by atoms with Crippen LogP contribution in [0.15, 0.2) is 17.5 Å². The Morgan fingerprint density at radius 3 is 2.58 bits per heavy atom. The summed E-state index contributed by atoms with van der Waals surface area (Å²) in [4.78, 5) is 15.4. The zero-order chi connectivity index (χ0) is 14.0. The molecule has 1 atom stereocenters. The Morgan fingerprint density at radius 1 is 1.37 bits per heavy atom. The van der Waals surface area contributed by atoms with E-state index in [9.17, 15) is 4.79 Å². The number of nitrogens with zero attached hydrogens (tertiary/aromatic N) is 1. The van der Waals surface area contributed by atoms with Crippen LogP contribution in [0, 0.1) is 17.8 Å². The fourth-order valence-electron chi connectivity index (χ4n) is 2.87. The van der Waals surface area contributed by atoms with Crippen LogP contribution in [0.5, 0.6) is 0 Å². The quantitative estimate of drug-likeness (QED) is 0.899. The van der Waals surface area contributed by atoms with Crippen molar-refractivity contribution in [1.29, 1.82) is 0 Å². The van der Waals surface area contributed by atoms with Crippen LogP contribution >= 0.6 is 11.3 Å². The highest BCUT2D eigenvalue weighted by molar-refractivity contribution is 7.10. The molecular formula is C15H24N2OS. The molecule has 1 N–H and O–H groups in total. The predicted octanol–water partition coefficient (Wildman–Crippen LogP) is 3.11. The summed E-state index contributed by atoms with van der Waals surface area (Å²) in [6.07, 6.45) is 0.0764. The Labute approximate surface area is 120 Å². The van der Waals surface area contributed by atoms with E-state index in [1.165, 1.54) is 4.88 Å². The monoisotopic (exact) mass is 280 g/mol. The maximum absolute atomic E-state index is 12.1. The Kier molecular flexibility index (Phi) is 4.63. The van der Waals surface area contributed by atoms with Gasteiger partial charge in [0.05, 0.1) is 6.54 Å². The second-order valence-electron chi connectivity index (χ2n) is 6.00. The molecule has 1 aliphatic rings. The van der Waals surface area contributed by atoms with Crippen molar-refractivity contribution in [1.82, 2.24) is 10.2 Å². The third-order valence-corrected chi connectivity index (χ3v) is 4.94. The molecule has 2 heterocycles. The Hall–Kier alpha value is -0.870. The lowest BCUT2D eigenvalue weighted by atomic mass is 9.85. The lowest BCUT2D eigenvalue weighted by molar-refractivity contribution is -0.129. The van der Waals surface area contributed by atoms with Crippen molar-refractivity contribution in [2.45, 2.75) is 33.9 Å². The zero-order valence-electron chi connectivity index (χ0n) is 12.2. The molecule has 2 rings (SSSR count). The second-order valence-corrected chi connectivity index (χ2v) is 6.98. The van der Waals surface area contributed by atoms with Gasteiger partial charge in [-0.25, -0.2) is 0 Å². The molecule has 106 valence electrons. The van der Waals surface area contributed by atoms with E-state index in [0.717, 1.165) is 6.54 Å². The molecule has 1 aromatic heterocycles. The van der Waals surface area contributed by atoms with Crippen LogP contribution in [-0.2, 0) is 4.79 Å². The predicted molar refractivity (Wildman–Crippen MR) is 79.9 cm³/mol. The van der Waals surface area contributed by atoms with Gasteiger partial charge in [0, 0.05) is 11.4 Å². The van der Waals surface area contributed by atoms with Crippen LogP contribution in [0.1, 0.15) is 38.7 Å². The van der Waals surface area contributed by atoms with Crippen LogP contribution in [0.3, 0.4) is 0 Å². The summed E-state index contributed by atoms with van der Waals surface area (Å²) in [7, 11) is 0. The van der Waals surface area contributed by atoms with E-state index in [1.54, 1.807) is 11.3 Å². The van der Waals surface area contributed by atoms with Gasteiger partial charge in [-0.3, -0.25) is 10.1 Å². The smallest absolute Gasteiger partial charge is 0.238 e. The summed E-state index contributed by atoms with van der Waals surface area (Å²) >= 11 is 1.71. The number of rotatable bonds is 5. The van der Waals surface area contributed by atoms with Gasteiger partial charge in [-0.1, -0.05) is 33.8 Å². The van der Waals surface area contributed by atoms with Crippen LogP contribution in [0.4, 0.5) is 0 Å². The summed E-state index contributed by atoms with van der Waals surface area (Å²) < 4.78 is 0. The number of nitrogens with one attached hydrogen (secondary N) is 1. The van der Waals surface area contributed by atoms with Gasteiger partial charge in [0.15, 0.2) is 0 Å². The highest BCUT2D eigenvalue weighted by Crippen LogP contribution is 2.30. The molecule has 19 heavy (non-hydrogen) atoms. The Morgan fingerprint density at radius 2 is 2.05 bits per heavy atom. The number of hydrogen-bond acceptors (Lipinski definition) is 3. The lowest BCUT2D eigenvalue weighted by Crippen LogP contribution is -2.37. The molecule has 0 aliphatic carbocycles. The van der Waals surface area contributed by atoms with Gasteiger partial charge in [-0.05, 0) is 29.2 Å². The van der Waals surface area contributed by atoms with Gasteiger partial charge in [-0.2, -0.15) is 0 Å². The first-order chi connectivity index (χ1) is 9.00. The largest absolute Gasteiger partial charge is 0.321 e. The van der Waals surface area contributed by atoms with Crippen LogP contribution in [0.2, 0.25) is 0 Å². The van der Waals surface area contributed by atoms with Crippen molar-refractivity contribution in [3.05, 3.63) is 22.4 Å². The number of carbonyl (C=O) groups is 1. The number of amides is 1. The molecule has 4 heteroatoms. The van der Waals surface area contributed by atoms with Crippen molar-refractivity contribution in [2.75, 3.05) is 13.1 Å². The van der Waals surface area contributed by atoms with E-state index >= 15 is 0 Å². The van der Waals surface area contributed by atoms with Crippen molar-refractivity contribution in [3.63, 3.8) is 0 Å². The minimum absolute atomic E-state index is 0.0764. The van der Waals surface area contributed by atoms with E-state index in [2.05, 4.69) is 44.5 Å². The first-order valence-corrected chi connectivity index (χ1v) is 7.95. The summed E-state index contributed by atoms with van der Waals surface area (Å²) in [5, 5.41) is 5.40. The molecule has 0 bridgehead atoms. The van der Waals surface area contributed by atoms with E-state index in [-0.39, 0.29) is 12.1 Å². The maximum Gasteiger partial charge on any atom is 0.238 e. The molecular weight excluding hydrogens is 256 g/mol. The SMILES string of the molecule is CC(C)C(CN1C(=O)CNC1c1cccs1)C(C)C. The molecule has 1 saturated heterocycles. The molecule has 0 aromatic carbocycles. The molecule has 1 fully saturated rings. The second kappa shape index (κ2) is 6.06. The number of thiophene rings is 1. The standard InChI is InChI=1S/C15H24N2OS/c1-10(2)12(11(3)4)9-17-14(18)8-16-15(17)13-6-5-7-19-13/h5-7,10-12,15-16H,8-9H2,1-4H3. The fraction of sp³-hybridized carbons (Fsp3) is 0.667. The van der Waals surface area contributed by atoms with Gasteiger partial charge < -0.3 is 4.90 Å². The lowest BCUT2D eigenvalue weighted by Gasteiger charge is -2.32. The van der Waals surface area contributed by atoms with Crippen LogP contribution < -0.4 is 5.32 Å². The van der Waals surface area contributed by atoms with Crippen molar-refractivity contribution >= 4 is 17.2 Å². The van der Waals surface area contributed by atoms with Gasteiger partial charge >= 0.3 is 0 Å². The number of hydrogen-bond donors (Lipinski definition) is 1. The molecule has 3 nitrogen and oxygen atoms in total. The average Bonchev–Trinajstić information content (AvgIpc) is 2.94. The van der Waals surface area contributed by atoms with E-state index < -0.39 is 0 Å². The third kappa shape index (κ3) is 3.18. The Balaban J connectivity index is 2.13. The summed E-state index contributed by atoms with van der Waals surface area (Å²) in [6.45, 7) is 10.3. The highest BCUT2D eigenvalue weighted by Gasteiger charge is 2.34.